The molecule has 3 aromatic rings. The van der Waals surface area contributed by atoms with Crippen molar-refractivity contribution in [3.05, 3.63) is 108 Å². The standard InChI is InChI=1S/C28H36N2O/c1-23(2)20-29-28(27(31)19-18-24-12-6-3-7-13-24)30(21-25-14-8-4-9-15-25)22-26-16-10-5-11-17-26/h3-17,23,27-29,31H,18-22H2,1-2H3/t27-,28+/m1/s1. The lowest BCUT2D eigenvalue weighted by atomic mass is 10.0. The van der Waals surface area contributed by atoms with E-state index in [-0.39, 0.29) is 6.17 Å². The summed E-state index contributed by atoms with van der Waals surface area (Å²) in [6.45, 7) is 6.85. The quantitative estimate of drug-likeness (QED) is 0.396. The van der Waals surface area contributed by atoms with E-state index in [1.807, 2.05) is 18.2 Å². The van der Waals surface area contributed by atoms with Crippen LogP contribution >= 0.6 is 0 Å². The van der Waals surface area contributed by atoms with E-state index in [1.165, 1.54) is 16.7 Å². The topological polar surface area (TPSA) is 35.5 Å². The Bertz CT molecular complexity index is 810. The monoisotopic (exact) mass is 416 g/mol. The van der Waals surface area contributed by atoms with Crippen LogP contribution in [0.15, 0.2) is 91.0 Å². The van der Waals surface area contributed by atoms with E-state index in [2.05, 4.69) is 96.9 Å². The third-order valence-electron chi connectivity index (χ3n) is 5.52. The predicted molar refractivity (Wildman–Crippen MR) is 130 cm³/mol. The molecule has 0 radical (unpaired) electrons. The molecule has 3 rings (SSSR count). The van der Waals surface area contributed by atoms with Crippen molar-refractivity contribution >= 4 is 0 Å². The Morgan fingerprint density at radius 1 is 0.710 bits per heavy atom. The van der Waals surface area contributed by atoms with Gasteiger partial charge < -0.3 is 5.11 Å². The molecule has 31 heavy (non-hydrogen) atoms. The average molecular weight is 417 g/mol. The molecule has 2 atom stereocenters. The Morgan fingerprint density at radius 2 is 1.16 bits per heavy atom. The van der Waals surface area contributed by atoms with Gasteiger partial charge in [0, 0.05) is 13.1 Å². The first-order valence-corrected chi connectivity index (χ1v) is 11.4. The first kappa shape index (κ1) is 23.2. The lowest BCUT2D eigenvalue weighted by Crippen LogP contribution is -2.53. The molecule has 0 unspecified atom stereocenters. The third-order valence-corrected chi connectivity index (χ3v) is 5.52. The van der Waals surface area contributed by atoms with E-state index in [1.54, 1.807) is 0 Å². The maximum Gasteiger partial charge on any atom is 0.0870 e. The second-order valence-corrected chi connectivity index (χ2v) is 8.71. The molecule has 0 aliphatic rings. The predicted octanol–water partition coefficient (Wildman–Crippen LogP) is 5.25. The van der Waals surface area contributed by atoms with Gasteiger partial charge in [-0.2, -0.15) is 0 Å². The maximum absolute atomic E-state index is 11.3. The van der Waals surface area contributed by atoms with Gasteiger partial charge >= 0.3 is 0 Å². The summed E-state index contributed by atoms with van der Waals surface area (Å²) >= 11 is 0. The average Bonchev–Trinajstić information content (AvgIpc) is 2.79. The number of benzene rings is 3. The zero-order valence-corrected chi connectivity index (χ0v) is 18.8. The van der Waals surface area contributed by atoms with Crippen molar-refractivity contribution in [2.24, 2.45) is 5.92 Å². The smallest absolute Gasteiger partial charge is 0.0870 e. The van der Waals surface area contributed by atoms with Crippen molar-refractivity contribution in [1.29, 1.82) is 0 Å². The van der Waals surface area contributed by atoms with Crippen LogP contribution in [0.5, 0.6) is 0 Å². The van der Waals surface area contributed by atoms with Gasteiger partial charge in [-0.1, -0.05) is 105 Å². The minimum absolute atomic E-state index is 0.119. The van der Waals surface area contributed by atoms with Gasteiger partial charge in [-0.05, 0) is 42.0 Å². The van der Waals surface area contributed by atoms with Crippen LogP contribution in [-0.2, 0) is 19.5 Å². The molecule has 0 aliphatic heterocycles. The summed E-state index contributed by atoms with van der Waals surface area (Å²) in [5.74, 6) is 0.513. The molecule has 0 saturated heterocycles. The second kappa shape index (κ2) is 12.4. The summed E-state index contributed by atoms with van der Waals surface area (Å²) < 4.78 is 0. The molecule has 164 valence electrons. The summed E-state index contributed by atoms with van der Waals surface area (Å²) in [6, 6.07) is 31.5. The summed E-state index contributed by atoms with van der Waals surface area (Å²) in [4.78, 5) is 2.38. The minimum Gasteiger partial charge on any atom is -0.390 e. The van der Waals surface area contributed by atoms with Crippen LogP contribution in [0, 0.1) is 5.92 Å². The van der Waals surface area contributed by atoms with Crippen molar-refractivity contribution in [1.82, 2.24) is 10.2 Å². The Kier molecular flexibility index (Phi) is 9.29. The van der Waals surface area contributed by atoms with Gasteiger partial charge in [0.05, 0.1) is 12.3 Å². The number of hydrogen-bond acceptors (Lipinski definition) is 3. The molecule has 0 spiro atoms. The van der Waals surface area contributed by atoms with Crippen LogP contribution in [-0.4, -0.2) is 28.8 Å². The number of aliphatic hydroxyl groups excluding tert-OH is 1. The molecule has 0 heterocycles. The highest BCUT2D eigenvalue weighted by Gasteiger charge is 2.26. The SMILES string of the molecule is CC(C)CN[C@H]([C@H](O)CCc1ccccc1)N(Cc1ccccc1)Cc1ccccc1. The van der Waals surface area contributed by atoms with Crippen LogP contribution in [0.25, 0.3) is 0 Å². The van der Waals surface area contributed by atoms with Gasteiger partial charge in [0.1, 0.15) is 0 Å². The Hall–Kier alpha value is -2.46. The zero-order valence-electron chi connectivity index (χ0n) is 18.8. The Balaban J connectivity index is 1.79. The molecule has 3 aromatic carbocycles. The largest absolute Gasteiger partial charge is 0.390 e. The molecule has 0 bridgehead atoms. The second-order valence-electron chi connectivity index (χ2n) is 8.71. The molecule has 3 nitrogen and oxygen atoms in total. The summed E-state index contributed by atoms with van der Waals surface area (Å²) in [5, 5.41) is 15.0. The highest BCUT2D eigenvalue weighted by molar-refractivity contribution is 5.18. The fourth-order valence-corrected chi connectivity index (χ4v) is 3.87. The van der Waals surface area contributed by atoms with Crippen molar-refractivity contribution < 1.29 is 5.11 Å². The number of nitrogens with zero attached hydrogens (tertiary/aromatic N) is 1. The zero-order chi connectivity index (χ0) is 21.9. The van der Waals surface area contributed by atoms with Crippen LogP contribution in [0.4, 0.5) is 0 Å². The van der Waals surface area contributed by atoms with Gasteiger partial charge in [-0.25, -0.2) is 0 Å². The third kappa shape index (κ3) is 7.95. The van der Waals surface area contributed by atoms with Gasteiger partial charge in [-0.15, -0.1) is 0 Å². The van der Waals surface area contributed by atoms with Crippen LogP contribution in [0.3, 0.4) is 0 Å². The van der Waals surface area contributed by atoms with Crippen LogP contribution in [0.2, 0.25) is 0 Å². The molecule has 0 aromatic heterocycles. The Labute approximate surface area is 187 Å². The van der Waals surface area contributed by atoms with Crippen LogP contribution in [0.1, 0.15) is 37.0 Å². The minimum atomic E-state index is -0.466. The fourth-order valence-electron chi connectivity index (χ4n) is 3.87. The van der Waals surface area contributed by atoms with E-state index in [9.17, 15) is 5.11 Å². The van der Waals surface area contributed by atoms with Crippen LogP contribution < -0.4 is 5.32 Å². The summed E-state index contributed by atoms with van der Waals surface area (Å²) in [5.41, 5.74) is 3.77. The highest BCUT2D eigenvalue weighted by atomic mass is 16.3. The van der Waals surface area contributed by atoms with Crippen molar-refractivity contribution in [2.45, 2.75) is 52.0 Å². The number of nitrogens with one attached hydrogen (secondary N) is 1. The van der Waals surface area contributed by atoms with Crippen molar-refractivity contribution in [3.8, 4) is 0 Å². The van der Waals surface area contributed by atoms with E-state index in [0.717, 1.165) is 32.5 Å². The fraction of sp³-hybridized carbons (Fsp3) is 0.357. The molecule has 0 aliphatic carbocycles. The van der Waals surface area contributed by atoms with E-state index in [0.29, 0.717) is 5.92 Å². The lowest BCUT2D eigenvalue weighted by molar-refractivity contribution is 0.0141. The summed E-state index contributed by atoms with van der Waals surface area (Å²) in [7, 11) is 0. The molecular weight excluding hydrogens is 380 g/mol. The number of aliphatic hydroxyl groups is 1. The first-order valence-electron chi connectivity index (χ1n) is 11.4. The number of hydrogen-bond donors (Lipinski definition) is 2. The lowest BCUT2D eigenvalue weighted by Gasteiger charge is -2.36. The van der Waals surface area contributed by atoms with E-state index >= 15 is 0 Å². The van der Waals surface area contributed by atoms with Crippen molar-refractivity contribution in [3.63, 3.8) is 0 Å². The highest BCUT2D eigenvalue weighted by Crippen LogP contribution is 2.18. The number of rotatable bonds is 12. The molecule has 2 N–H and O–H groups in total. The van der Waals surface area contributed by atoms with Gasteiger partial charge in [-0.3, -0.25) is 10.2 Å². The van der Waals surface area contributed by atoms with Crippen molar-refractivity contribution in [2.75, 3.05) is 6.54 Å². The van der Waals surface area contributed by atoms with E-state index in [4.69, 9.17) is 0 Å². The number of aryl methyl sites for hydroxylation is 1. The molecule has 0 fully saturated rings. The molecule has 0 saturated carbocycles. The van der Waals surface area contributed by atoms with Gasteiger partial charge in [0.25, 0.3) is 0 Å². The van der Waals surface area contributed by atoms with Gasteiger partial charge in [0.15, 0.2) is 0 Å². The maximum atomic E-state index is 11.3. The first-order chi connectivity index (χ1) is 15.1. The summed E-state index contributed by atoms with van der Waals surface area (Å²) in [6.07, 6.45) is 1.00. The molecule has 3 heteroatoms. The Morgan fingerprint density at radius 3 is 1.61 bits per heavy atom. The molecular formula is C28H36N2O. The molecule has 0 amide bonds. The normalized spacial score (nSPS) is 13.5. The van der Waals surface area contributed by atoms with Gasteiger partial charge in [0.2, 0.25) is 0 Å². The van der Waals surface area contributed by atoms with E-state index < -0.39 is 6.10 Å².